The molecule has 1 aliphatic carbocycles. The predicted octanol–water partition coefficient (Wildman–Crippen LogP) is 3.37. The Morgan fingerprint density at radius 1 is 1.27 bits per heavy atom. The molecule has 1 aliphatic rings. The monoisotopic (exact) mass is 416 g/mol. The Balaban J connectivity index is 0.00000242. The van der Waals surface area contributed by atoms with Crippen LogP contribution in [0, 0.1) is 0 Å². The van der Waals surface area contributed by atoms with E-state index < -0.39 is 0 Å². The first-order valence-electron chi connectivity index (χ1n) is 8.01. The van der Waals surface area contributed by atoms with E-state index in [0.717, 1.165) is 0 Å². The van der Waals surface area contributed by atoms with E-state index in [1.54, 1.807) is 0 Å². The number of para-hydroxylation sites is 1. The lowest BCUT2D eigenvalue weighted by Gasteiger charge is -2.26. The molecule has 0 spiro atoms. The minimum absolute atomic E-state index is 0. The number of nitrogens with one attached hydrogen (secondary N) is 1. The summed E-state index contributed by atoms with van der Waals surface area (Å²) in [7, 11) is 2.10. The second-order valence-corrected chi connectivity index (χ2v) is 6.00. The SMILES string of the molecule is CC(CN=C(N)NC1CCCCC1)N(C)c1ccccc1.I. The number of halogens is 1. The molecule has 22 heavy (non-hydrogen) atoms. The molecule has 5 heteroatoms. The van der Waals surface area contributed by atoms with Crippen LogP contribution in [-0.2, 0) is 0 Å². The van der Waals surface area contributed by atoms with Crippen LogP contribution in [0.15, 0.2) is 35.3 Å². The molecule has 0 amide bonds. The summed E-state index contributed by atoms with van der Waals surface area (Å²) < 4.78 is 0. The summed E-state index contributed by atoms with van der Waals surface area (Å²) in [5.41, 5.74) is 7.22. The lowest BCUT2D eigenvalue weighted by Crippen LogP contribution is -2.42. The van der Waals surface area contributed by atoms with E-state index in [-0.39, 0.29) is 24.0 Å². The van der Waals surface area contributed by atoms with E-state index in [1.165, 1.54) is 37.8 Å². The highest BCUT2D eigenvalue weighted by molar-refractivity contribution is 14.0. The third-order valence-electron chi connectivity index (χ3n) is 4.31. The summed E-state index contributed by atoms with van der Waals surface area (Å²) in [4.78, 5) is 6.74. The average molecular weight is 416 g/mol. The number of nitrogens with two attached hydrogens (primary N) is 1. The quantitative estimate of drug-likeness (QED) is 0.440. The second-order valence-electron chi connectivity index (χ2n) is 6.00. The number of anilines is 1. The van der Waals surface area contributed by atoms with Crippen LogP contribution in [0.1, 0.15) is 39.0 Å². The molecule has 1 unspecified atom stereocenters. The third kappa shape index (κ3) is 6.02. The number of benzene rings is 1. The molecule has 124 valence electrons. The fourth-order valence-electron chi connectivity index (χ4n) is 2.77. The Labute approximate surface area is 151 Å². The lowest BCUT2D eigenvalue weighted by atomic mass is 9.96. The summed E-state index contributed by atoms with van der Waals surface area (Å²) in [5, 5.41) is 3.36. The zero-order chi connectivity index (χ0) is 15.1. The standard InChI is InChI=1S/C17H28N4.HI/c1-14(21(2)16-11-7-4-8-12-16)13-19-17(18)20-15-9-5-3-6-10-15;/h4,7-8,11-12,14-15H,3,5-6,9-10,13H2,1-2H3,(H3,18,19,20);1H. The van der Waals surface area contributed by atoms with Crippen LogP contribution in [-0.4, -0.2) is 31.6 Å². The van der Waals surface area contributed by atoms with Gasteiger partial charge < -0.3 is 16.0 Å². The number of aliphatic imine (C=N–C) groups is 1. The number of rotatable bonds is 5. The maximum atomic E-state index is 6.01. The van der Waals surface area contributed by atoms with Gasteiger partial charge in [0, 0.05) is 24.8 Å². The van der Waals surface area contributed by atoms with Crippen LogP contribution in [0.4, 0.5) is 5.69 Å². The van der Waals surface area contributed by atoms with Crippen molar-refractivity contribution in [1.29, 1.82) is 0 Å². The minimum atomic E-state index is 0. The van der Waals surface area contributed by atoms with Gasteiger partial charge in [0.15, 0.2) is 5.96 Å². The molecule has 1 saturated carbocycles. The van der Waals surface area contributed by atoms with Crippen LogP contribution in [0.25, 0.3) is 0 Å². The molecular formula is C17H29IN4. The molecule has 4 nitrogen and oxygen atoms in total. The van der Waals surface area contributed by atoms with Crippen LogP contribution in [0.2, 0.25) is 0 Å². The van der Waals surface area contributed by atoms with Gasteiger partial charge in [-0.25, -0.2) is 0 Å². The number of guanidine groups is 1. The normalized spacial score (nSPS) is 17.5. The van der Waals surface area contributed by atoms with Crippen molar-refractivity contribution in [3.05, 3.63) is 30.3 Å². The van der Waals surface area contributed by atoms with E-state index in [2.05, 4.69) is 53.4 Å². The van der Waals surface area contributed by atoms with E-state index in [0.29, 0.717) is 24.6 Å². The van der Waals surface area contributed by atoms with Crippen molar-refractivity contribution in [2.24, 2.45) is 10.7 Å². The Morgan fingerprint density at radius 2 is 1.91 bits per heavy atom. The smallest absolute Gasteiger partial charge is 0.188 e. The highest BCUT2D eigenvalue weighted by Gasteiger charge is 2.14. The first kappa shape index (κ1) is 19.1. The molecule has 0 aliphatic heterocycles. The van der Waals surface area contributed by atoms with Crippen molar-refractivity contribution in [3.63, 3.8) is 0 Å². The molecule has 1 fully saturated rings. The summed E-state index contributed by atoms with van der Waals surface area (Å²) >= 11 is 0. The first-order valence-corrected chi connectivity index (χ1v) is 8.01. The average Bonchev–Trinajstić information content (AvgIpc) is 2.53. The summed E-state index contributed by atoms with van der Waals surface area (Å²) in [6.07, 6.45) is 6.40. The maximum absolute atomic E-state index is 6.01. The van der Waals surface area contributed by atoms with Crippen LogP contribution in [0.5, 0.6) is 0 Å². The van der Waals surface area contributed by atoms with Gasteiger partial charge in [-0.05, 0) is 31.9 Å². The molecule has 0 heterocycles. The molecule has 0 bridgehead atoms. The van der Waals surface area contributed by atoms with Gasteiger partial charge in [0.05, 0.1) is 6.54 Å². The molecule has 1 aromatic carbocycles. The topological polar surface area (TPSA) is 53.6 Å². The van der Waals surface area contributed by atoms with Crippen molar-refractivity contribution in [3.8, 4) is 0 Å². The molecular weight excluding hydrogens is 387 g/mol. The lowest BCUT2D eigenvalue weighted by molar-refractivity contribution is 0.412. The zero-order valence-corrected chi connectivity index (χ0v) is 16.0. The van der Waals surface area contributed by atoms with Gasteiger partial charge in [-0.1, -0.05) is 37.5 Å². The Hall–Kier alpha value is -0.980. The molecule has 2 rings (SSSR count). The van der Waals surface area contributed by atoms with E-state index >= 15 is 0 Å². The molecule has 3 N–H and O–H groups in total. The molecule has 0 saturated heterocycles. The fourth-order valence-corrected chi connectivity index (χ4v) is 2.77. The summed E-state index contributed by atoms with van der Waals surface area (Å²) in [6, 6.07) is 11.2. The van der Waals surface area contributed by atoms with Crippen molar-refractivity contribution < 1.29 is 0 Å². The van der Waals surface area contributed by atoms with Gasteiger partial charge >= 0.3 is 0 Å². The van der Waals surface area contributed by atoms with Gasteiger partial charge in [0.2, 0.25) is 0 Å². The van der Waals surface area contributed by atoms with Crippen LogP contribution < -0.4 is 16.0 Å². The number of likely N-dealkylation sites (N-methyl/N-ethyl adjacent to an activating group) is 1. The van der Waals surface area contributed by atoms with Crippen molar-refractivity contribution in [1.82, 2.24) is 5.32 Å². The number of hydrogen-bond acceptors (Lipinski definition) is 2. The van der Waals surface area contributed by atoms with Crippen LogP contribution in [0.3, 0.4) is 0 Å². The third-order valence-corrected chi connectivity index (χ3v) is 4.31. The molecule has 0 radical (unpaired) electrons. The Morgan fingerprint density at radius 3 is 2.55 bits per heavy atom. The minimum Gasteiger partial charge on any atom is -0.370 e. The second kappa shape index (κ2) is 9.92. The van der Waals surface area contributed by atoms with Gasteiger partial charge in [-0.2, -0.15) is 0 Å². The van der Waals surface area contributed by atoms with E-state index in [4.69, 9.17) is 5.73 Å². The van der Waals surface area contributed by atoms with Gasteiger partial charge in [0.1, 0.15) is 0 Å². The summed E-state index contributed by atoms with van der Waals surface area (Å²) in [5.74, 6) is 0.593. The maximum Gasteiger partial charge on any atom is 0.188 e. The number of nitrogens with zero attached hydrogens (tertiary/aromatic N) is 2. The molecule has 1 aromatic rings. The van der Waals surface area contributed by atoms with E-state index in [1.807, 2.05) is 6.07 Å². The number of hydrogen-bond donors (Lipinski definition) is 2. The fraction of sp³-hybridized carbons (Fsp3) is 0.588. The van der Waals surface area contributed by atoms with Crippen LogP contribution >= 0.6 is 24.0 Å². The van der Waals surface area contributed by atoms with Gasteiger partial charge in [-0.15, -0.1) is 24.0 Å². The Bertz CT molecular complexity index is 443. The highest BCUT2D eigenvalue weighted by atomic mass is 127. The molecule has 1 atom stereocenters. The van der Waals surface area contributed by atoms with Gasteiger partial charge in [0.25, 0.3) is 0 Å². The predicted molar refractivity (Wildman–Crippen MR) is 106 cm³/mol. The van der Waals surface area contributed by atoms with Crippen molar-refractivity contribution in [2.75, 3.05) is 18.5 Å². The van der Waals surface area contributed by atoms with Crippen molar-refractivity contribution in [2.45, 2.75) is 51.1 Å². The highest BCUT2D eigenvalue weighted by Crippen LogP contribution is 2.17. The van der Waals surface area contributed by atoms with E-state index in [9.17, 15) is 0 Å². The largest absolute Gasteiger partial charge is 0.370 e. The zero-order valence-electron chi connectivity index (χ0n) is 13.7. The summed E-state index contributed by atoms with van der Waals surface area (Å²) in [6.45, 7) is 2.88. The van der Waals surface area contributed by atoms with Crippen molar-refractivity contribution >= 4 is 35.6 Å². The van der Waals surface area contributed by atoms with Gasteiger partial charge in [-0.3, -0.25) is 4.99 Å². The first-order chi connectivity index (χ1) is 10.2. The Kier molecular flexibility index (Phi) is 8.60. The molecule has 0 aromatic heterocycles.